The molecule has 1 aromatic rings. The van der Waals surface area contributed by atoms with Gasteiger partial charge in [0, 0.05) is 30.9 Å². The van der Waals surface area contributed by atoms with Crippen LogP contribution in [0.3, 0.4) is 0 Å². The van der Waals surface area contributed by atoms with Crippen molar-refractivity contribution in [2.24, 2.45) is 16.6 Å². The van der Waals surface area contributed by atoms with E-state index in [4.69, 9.17) is 10.7 Å². The minimum absolute atomic E-state index is 0.725. The molecule has 1 fully saturated rings. The van der Waals surface area contributed by atoms with Crippen LogP contribution in [-0.2, 0) is 19.3 Å². The highest BCUT2D eigenvalue weighted by Gasteiger charge is 2.18. The molecule has 5 heteroatoms. The third-order valence-electron chi connectivity index (χ3n) is 4.47. The number of nitrogens with zero attached hydrogens (tertiary/aromatic N) is 3. The number of thiazole rings is 1. The summed E-state index contributed by atoms with van der Waals surface area (Å²) in [5.74, 6) is 1.46. The van der Waals surface area contributed by atoms with Gasteiger partial charge in [0.15, 0.2) is 5.96 Å². The number of guanidine groups is 1. The lowest BCUT2D eigenvalue weighted by Gasteiger charge is -2.31. The van der Waals surface area contributed by atoms with Gasteiger partial charge in [0.25, 0.3) is 0 Å². The fraction of sp³-hybridized carbons (Fsp3) is 0.750. The maximum absolute atomic E-state index is 6.13. The number of nitrogens with two attached hydrogens (primary N) is 1. The molecule has 4 nitrogen and oxygen atoms in total. The van der Waals surface area contributed by atoms with Crippen molar-refractivity contribution in [3.05, 3.63) is 15.6 Å². The Morgan fingerprint density at radius 1 is 1.38 bits per heavy atom. The number of aromatic nitrogens is 1. The number of piperidine rings is 1. The zero-order valence-corrected chi connectivity index (χ0v) is 13.8. The van der Waals surface area contributed by atoms with Crippen LogP contribution in [0.2, 0.25) is 0 Å². The van der Waals surface area contributed by atoms with E-state index in [-0.39, 0.29) is 0 Å². The van der Waals surface area contributed by atoms with Gasteiger partial charge in [-0.25, -0.2) is 4.98 Å². The van der Waals surface area contributed by atoms with Gasteiger partial charge in [-0.1, -0.05) is 6.92 Å². The van der Waals surface area contributed by atoms with Crippen LogP contribution in [0.25, 0.3) is 0 Å². The minimum atomic E-state index is 0.725. The standard InChI is InChI=1S/C16H26N4S/c1-12-5-4-10-20(11-12)16(17)18-9-8-15-19-13-6-2-3-7-14(13)21-15/h12H,2-11H2,1H3,(H2,17,18). The molecule has 0 spiro atoms. The second-order valence-corrected chi connectivity index (χ2v) is 7.54. The molecule has 0 amide bonds. The lowest BCUT2D eigenvalue weighted by atomic mass is 10.0. The van der Waals surface area contributed by atoms with E-state index in [1.165, 1.54) is 54.1 Å². The number of hydrogen-bond donors (Lipinski definition) is 1. The van der Waals surface area contributed by atoms with E-state index in [0.717, 1.165) is 37.9 Å². The van der Waals surface area contributed by atoms with Crippen LogP contribution in [0.1, 0.15) is 48.2 Å². The predicted octanol–water partition coefficient (Wildman–Crippen LogP) is 2.61. The third kappa shape index (κ3) is 3.76. The Balaban J connectivity index is 1.52. The van der Waals surface area contributed by atoms with Crippen molar-refractivity contribution in [2.75, 3.05) is 19.6 Å². The Hall–Kier alpha value is -1.10. The monoisotopic (exact) mass is 306 g/mol. The summed E-state index contributed by atoms with van der Waals surface area (Å²) in [6.07, 6.45) is 8.50. The van der Waals surface area contributed by atoms with E-state index in [1.807, 2.05) is 11.3 Å². The van der Waals surface area contributed by atoms with Crippen LogP contribution in [0.4, 0.5) is 0 Å². The molecule has 0 aromatic carbocycles. The van der Waals surface area contributed by atoms with Gasteiger partial charge >= 0.3 is 0 Å². The Bertz CT molecular complexity index is 485. The van der Waals surface area contributed by atoms with E-state index in [1.54, 1.807) is 0 Å². The molecule has 2 heterocycles. The second-order valence-electron chi connectivity index (χ2n) is 6.37. The fourth-order valence-corrected chi connectivity index (χ4v) is 4.42. The Morgan fingerprint density at radius 3 is 3.05 bits per heavy atom. The molecule has 2 N–H and O–H groups in total. The second kappa shape index (κ2) is 6.77. The lowest BCUT2D eigenvalue weighted by molar-refractivity contribution is 0.270. The van der Waals surface area contributed by atoms with Gasteiger partial charge in [-0.05, 0) is 44.4 Å². The average Bonchev–Trinajstić information content (AvgIpc) is 2.89. The van der Waals surface area contributed by atoms with Crippen molar-refractivity contribution in [3.8, 4) is 0 Å². The molecule has 1 saturated heterocycles. The summed E-state index contributed by atoms with van der Waals surface area (Å²) in [7, 11) is 0. The van der Waals surface area contributed by atoms with Gasteiger partial charge in [0.05, 0.1) is 10.7 Å². The maximum atomic E-state index is 6.13. The molecule has 0 bridgehead atoms. The molecule has 116 valence electrons. The van der Waals surface area contributed by atoms with E-state index >= 15 is 0 Å². The highest BCUT2D eigenvalue weighted by molar-refractivity contribution is 7.11. The van der Waals surface area contributed by atoms with Crippen molar-refractivity contribution in [3.63, 3.8) is 0 Å². The van der Waals surface area contributed by atoms with Gasteiger partial charge in [-0.15, -0.1) is 11.3 Å². The fourth-order valence-electron chi connectivity index (χ4n) is 3.28. The molecule has 1 atom stereocenters. The number of fused-ring (bicyclic) bond motifs is 1. The first kappa shape index (κ1) is 14.8. The molecule has 1 aromatic heterocycles. The van der Waals surface area contributed by atoms with Crippen LogP contribution in [0, 0.1) is 5.92 Å². The molecule has 1 aliphatic carbocycles. The van der Waals surface area contributed by atoms with Crippen molar-refractivity contribution in [1.29, 1.82) is 0 Å². The maximum Gasteiger partial charge on any atom is 0.191 e. The highest BCUT2D eigenvalue weighted by atomic mass is 32.1. The summed E-state index contributed by atoms with van der Waals surface area (Å²) in [4.78, 5) is 13.1. The van der Waals surface area contributed by atoms with Crippen LogP contribution in [0.15, 0.2) is 4.99 Å². The van der Waals surface area contributed by atoms with E-state index in [0.29, 0.717) is 0 Å². The topological polar surface area (TPSA) is 54.5 Å². The van der Waals surface area contributed by atoms with Gasteiger partial charge in [0.2, 0.25) is 0 Å². The van der Waals surface area contributed by atoms with E-state index in [2.05, 4.69) is 16.8 Å². The minimum Gasteiger partial charge on any atom is -0.370 e. The van der Waals surface area contributed by atoms with Gasteiger partial charge in [-0.3, -0.25) is 4.99 Å². The Kier molecular flexibility index (Phi) is 4.78. The van der Waals surface area contributed by atoms with Crippen molar-refractivity contribution < 1.29 is 0 Å². The largest absolute Gasteiger partial charge is 0.370 e. The summed E-state index contributed by atoms with van der Waals surface area (Å²) >= 11 is 1.89. The highest BCUT2D eigenvalue weighted by Crippen LogP contribution is 2.26. The number of likely N-dealkylation sites (tertiary alicyclic amines) is 1. The van der Waals surface area contributed by atoms with Crippen molar-refractivity contribution in [2.45, 2.75) is 51.9 Å². The van der Waals surface area contributed by atoms with Crippen LogP contribution >= 0.6 is 11.3 Å². The smallest absolute Gasteiger partial charge is 0.191 e. The van der Waals surface area contributed by atoms with Crippen LogP contribution in [-0.4, -0.2) is 35.5 Å². The van der Waals surface area contributed by atoms with Crippen molar-refractivity contribution >= 4 is 17.3 Å². The molecule has 21 heavy (non-hydrogen) atoms. The van der Waals surface area contributed by atoms with Crippen molar-refractivity contribution in [1.82, 2.24) is 9.88 Å². The van der Waals surface area contributed by atoms with Gasteiger partial charge < -0.3 is 10.6 Å². The molecule has 1 unspecified atom stereocenters. The number of hydrogen-bond acceptors (Lipinski definition) is 3. The summed E-state index contributed by atoms with van der Waals surface area (Å²) in [5.41, 5.74) is 7.48. The van der Waals surface area contributed by atoms with E-state index in [9.17, 15) is 0 Å². The third-order valence-corrected chi connectivity index (χ3v) is 5.69. The SMILES string of the molecule is CC1CCCN(C(N)=NCCc2nc3c(s2)CCCC3)C1. The average molecular weight is 306 g/mol. The van der Waals surface area contributed by atoms with Gasteiger partial charge in [0.1, 0.15) is 0 Å². The summed E-state index contributed by atoms with van der Waals surface area (Å²) in [6, 6.07) is 0. The molecule has 2 aliphatic rings. The summed E-state index contributed by atoms with van der Waals surface area (Å²) in [5, 5.41) is 1.24. The molecule has 3 rings (SSSR count). The first-order chi connectivity index (χ1) is 10.2. The predicted molar refractivity (Wildman–Crippen MR) is 88.9 cm³/mol. The summed E-state index contributed by atoms with van der Waals surface area (Å²) < 4.78 is 0. The lowest BCUT2D eigenvalue weighted by Crippen LogP contribution is -2.43. The normalized spacial score (nSPS) is 23.2. The molecule has 0 saturated carbocycles. The van der Waals surface area contributed by atoms with E-state index < -0.39 is 0 Å². The molecular weight excluding hydrogens is 280 g/mol. The number of aliphatic imine (C=N–C) groups is 1. The zero-order chi connectivity index (χ0) is 14.7. The number of aryl methyl sites for hydroxylation is 2. The molecule has 0 radical (unpaired) electrons. The van der Waals surface area contributed by atoms with Crippen LogP contribution < -0.4 is 5.73 Å². The number of rotatable bonds is 3. The summed E-state index contributed by atoms with van der Waals surface area (Å²) in [6.45, 7) is 5.18. The van der Waals surface area contributed by atoms with Gasteiger partial charge in [-0.2, -0.15) is 0 Å². The molecule has 1 aliphatic heterocycles. The molecular formula is C16H26N4S. The Morgan fingerprint density at radius 2 is 2.24 bits per heavy atom. The first-order valence-corrected chi connectivity index (χ1v) is 9.06. The van der Waals surface area contributed by atoms with Crippen LogP contribution in [0.5, 0.6) is 0 Å². The zero-order valence-electron chi connectivity index (χ0n) is 13.0. The quantitative estimate of drug-likeness (QED) is 0.690. The first-order valence-electron chi connectivity index (χ1n) is 8.24. The Labute approximate surface area is 131 Å².